The molecule has 0 saturated carbocycles. The van der Waals surface area contributed by atoms with E-state index in [0.29, 0.717) is 17.9 Å². The molecule has 3 heterocycles. The minimum absolute atomic E-state index is 0.0260. The molecule has 0 bridgehead atoms. The lowest BCUT2D eigenvalue weighted by Gasteiger charge is -2.38. The summed E-state index contributed by atoms with van der Waals surface area (Å²) in [5.74, 6) is 0.540. The standard InChI is InChI=1S/C26H35N3O3S/c1-19-7-5-8-20(2)29(19)25(30)18-32-22-12-10-21(11-13-22)26(31)27-17-23(24-9-6-16-33-24)28-14-3-4-15-28/h6,9-13,16,19-20,23H,3-5,7-8,14-15,17-18H2,1-2H3,(H,27,31). The summed E-state index contributed by atoms with van der Waals surface area (Å²) in [4.78, 5) is 31.1. The van der Waals surface area contributed by atoms with Crippen LogP contribution in [0.25, 0.3) is 0 Å². The van der Waals surface area contributed by atoms with E-state index in [1.807, 2.05) is 4.90 Å². The molecule has 1 aromatic carbocycles. The maximum Gasteiger partial charge on any atom is 0.260 e. The van der Waals surface area contributed by atoms with Crippen LogP contribution < -0.4 is 10.1 Å². The highest BCUT2D eigenvalue weighted by molar-refractivity contribution is 7.10. The fourth-order valence-corrected chi connectivity index (χ4v) is 5.93. The number of nitrogens with one attached hydrogen (secondary N) is 1. The van der Waals surface area contributed by atoms with E-state index < -0.39 is 0 Å². The summed E-state index contributed by atoms with van der Waals surface area (Å²) >= 11 is 1.74. The fraction of sp³-hybridized carbons (Fsp3) is 0.538. The maximum atomic E-state index is 12.8. The molecule has 6 nitrogen and oxygen atoms in total. The van der Waals surface area contributed by atoms with Crippen molar-refractivity contribution < 1.29 is 14.3 Å². The molecular formula is C26H35N3O3S. The zero-order chi connectivity index (χ0) is 23.2. The Kier molecular flexibility index (Phi) is 8.04. The zero-order valence-electron chi connectivity index (χ0n) is 19.7. The molecule has 2 aliphatic rings. The molecule has 2 saturated heterocycles. The minimum Gasteiger partial charge on any atom is -0.484 e. The highest BCUT2D eigenvalue weighted by Crippen LogP contribution is 2.28. The normalized spacial score (nSPS) is 22.2. The SMILES string of the molecule is CC1CCCC(C)N1C(=O)COc1ccc(C(=O)NCC(c2cccs2)N2CCCC2)cc1. The smallest absolute Gasteiger partial charge is 0.260 e. The highest BCUT2D eigenvalue weighted by Gasteiger charge is 2.29. The van der Waals surface area contributed by atoms with Gasteiger partial charge in [-0.25, -0.2) is 0 Å². The number of thiophene rings is 1. The third kappa shape index (κ3) is 5.95. The number of amides is 2. The molecular weight excluding hydrogens is 434 g/mol. The summed E-state index contributed by atoms with van der Waals surface area (Å²) in [6.07, 6.45) is 5.70. The molecule has 3 unspecified atom stereocenters. The monoisotopic (exact) mass is 469 g/mol. The van der Waals surface area contributed by atoms with Crippen LogP contribution >= 0.6 is 11.3 Å². The van der Waals surface area contributed by atoms with Crippen LogP contribution in [-0.4, -0.2) is 59.9 Å². The molecule has 7 heteroatoms. The second kappa shape index (κ2) is 11.2. The number of piperidine rings is 1. The van der Waals surface area contributed by atoms with Crippen LogP contribution in [-0.2, 0) is 4.79 Å². The van der Waals surface area contributed by atoms with Crippen LogP contribution in [0.4, 0.5) is 0 Å². The van der Waals surface area contributed by atoms with Gasteiger partial charge in [0.2, 0.25) is 0 Å². The fourth-order valence-electron chi connectivity index (χ4n) is 5.07. The van der Waals surface area contributed by atoms with Gasteiger partial charge in [-0.3, -0.25) is 14.5 Å². The van der Waals surface area contributed by atoms with Gasteiger partial charge in [0, 0.05) is 29.1 Å². The van der Waals surface area contributed by atoms with Crippen molar-refractivity contribution in [2.45, 2.75) is 64.1 Å². The van der Waals surface area contributed by atoms with Gasteiger partial charge in [-0.1, -0.05) is 6.07 Å². The third-order valence-corrected chi connectivity index (χ3v) is 7.84. The van der Waals surface area contributed by atoms with Crippen LogP contribution in [0.15, 0.2) is 41.8 Å². The van der Waals surface area contributed by atoms with Crippen molar-refractivity contribution >= 4 is 23.2 Å². The zero-order valence-corrected chi connectivity index (χ0v) is 20.5. The molecule has 2 aliphatic heterocycles. The van der Waals surface area contributed by atoms with Crippen LogP contribution in [0.5, 0.6) is 5.75 Å². The average Bonchev–Trinajstić information content (AvgIpc) is 3.53. The Bertz CT molecular complexity index is 899. The first-order valence-corrected chi connectivity index (χ1v) is 13.0. The summed E-state index contributed by atoms with van der Waals surface area (Å²) in [6.45, 7) is 6.99. The van der Waals surface area contributed by atoms with Gasteiger partial charge in [0.15, 0.2) is 6.61 Å². The van der Waals surface area contributed by atoms with Crippen molar-refractivity contribution in [1.29, 1.82) is 0 Å². The number of carbonyl (C=O) groups is 2. The lowest BCUT2D eigenvalue weighted by Crippen LogP contribution is -2.49. The molecule has 33 heavy (non-hydrogen) atoms. The Morgan fingerprint density at radius 2 is 1.76 bits per heavy atom. The minimum atomic E-state index is -0.0886. The van der Waals surface area contributed by atoms with Crippen molar-refractivity contribution in [3.63, 3.8) is 0 Å². The van der Waals surface area contributed by atoms with Gasteiger partial charge in [0.1, 0.15) is 5.75 Å². The predicted molar refractivity (Wildman–Crippen MR) is 132 cm³/mol. The second-order valence-electron chi connectivity index (χ2n) is 9.23. The van der Waals surface area contributed by atoms with Crippen molar-refractivity contribution in [2.24, 2.45) is 0 Å². The number of ether oxygens (including phenoxy) is 1. The van der Waals surface area contributed by atoms with Gasteiger partial charge in [0.25, 0.3) is 11.8 Å². The van der Waals surface area contributed by atoms with E-state index in [4.69, 9.17) is 4.74 Å². The summed E-state index contributed by atoms with van der Waals surface area (Å²) in [5, 5.41) is 5.20. The first-order valence-electron chi connectivity index (χ1n) is 12.1. The first kappa shape index (κ1) is 23.8. The average molecular weight is 470 g/mol. The van der Waals surface area contributed by atoms with E-state index >= 15 is 0 Å². The molecule has 0 spiro atoms. The molecule has 0 aliphatic carbocycles. The van der Waals surface area contributed by atoms with Crippen LogP contribution in [0.1, 0.15) is 67.2 Å². The summed E-state index contributed by atoms with van der Waals surface area (Å²) < 4.78 is 5.74. The molecule has 0 radical (unpaired) electrons. The van der Waals surface area contributed by atoms with Gasteiger partial charge in [-0.15, -0.1) is 11.3 Å². The van der Waals surface area contributed by atoms with E-state index in [2.05, 4.69) is 41.6 Å². The van der Waals surface area contributed by atoms with Crippen molar-refractivity contribution in [1.82, 2.24) is 15.1 Å². The largest absolute Gasteiger partial charge is 0.484 e. The van der Waals surface area contributed by atoms with Crippen LogP contribution in [0, 0.1) is 0 Å². The van der Waals surface area contributed by atoms with E-state index in [0.717, 1.165) is 25.9 Å². The van der Waals surface area contributed by atoms with Crippen molar-refractivity contribution in [2.75, 3.05) is 26.2 Å². The summed E-state index contributed by atoms with van der Waals surface area (Å²) in [5.41, 5.74) is 0.596. The third-order valence-electron chi connectivity index (χ3n) is 6.87. The van der Waals surface area contributed by atoms with Crippen molar-refractivity contribution in [3.8, 4) is 5.75 Å². The van der Waals surface area contributed by atoms with Crippen LogP contribution in [0.2, 0.25) is 0 Å². The second-order valence-corrected chi connectivity index (χ2v) is 10.2. The molecule has 3 atom stereocenters. The molecule has 1 aromatic heterocycles. The maximum absolute atomic E-state index is 12.8. The predicted octanol–water partition coefficient (Wildman–Crippen LogP) is 4.48. The molecule has 2 amide bonds. The number of hydrogen-bond acceptors (Lipinski definition) is 5. The number of benzene rings is 1. The number of carbonyl (C=O) groups excluding carboxylic acids is 2. The van der Waals surface area contributed by atoms with Gasteiger partial charge in [-0.05, 0) is 94.8 Å². The van der Waals surface area contributed by atoms with Gasteiger partial charge in [0.05, 0.1) is 6.04 Å². The summed E-state index contributed by atoms with van der Waals surface area (Å²) in [6, 6.07) is 12.0. The van der Waals surface area contributed by atoms with E-state index in [-0.39, 0.29) is 36.5 Å². The Morgan fingerprint density at radius 1 is 1.06 bits per heavy atom. The van der Waals surface area contributed by atoms with E-state index in [1.54, 1.807) is 35.6 Å². The molecule has 2 aromatic rings. The molecule has 2 fully saturated rings. The Labute approximate surface area is 200 Å². The first-order chi connectivity index (χ1) is 16.0. The highest BCUT2D eigenvalue weighted by atomic mass is 32.1. The lowest BCUT2D eigenvalue weighted by molar-refractivity contribution is -0.139. The molecule has 4 rings (SSSR count). The van der Waals surface area contributed by atoms with Gasteiger partial charge < -0.3 is 15.0 Å². The van der Waals surface area contributed by atoms with E-state index in [9.17, 15) is 9.59 Å². The number of nitrogens with zero attached hydrogens (tertiary/aromatic N) is 2. The number of likely N-dealkylation sites (tertiary alicyclic amines) is 2. The number of rotatable bonds is 8. The lowest BCUT2D eigenvalue weighted by atomic mass is 9.97. The van der Waals surface area contributed by atoms with Crippen LogP contribution in [0.3, 0.4) is 0 Å². The topological polar surface area (TPSA) is 61.9 Å². The Balaban J connectivity index is 1.29. The Morgan fingerprint density at radius 3 is 2.39 bits per heavy atom. The quantitative estimate of drug-likeness (QED) is 0.619. The van der Waals surface area contributed by atoms with Crippen molar-refractivity contribution in [3.05, 3.63) is 52.2 Å². The number of hydrogen-bond donors (Lipinski definition) is 1. The van der Waals surface area contributed by atoms with Gasteiger partial charge in [-0.2, -0.15) is 0 Å². The summed E-state index contributed by atoms with van der Waals surface area (Å²) in [7, 11) is 0. The Hall–Kier alpha value is -2.38. The van der Waals surface area contributed by atoms with E-state index in [1.165, 1.54) is 24.1 Å². The molecule has 1 N–H and O–H groups in total. The molecule has 178 valence electrons. The van der Waals surface area contributed by atoms with Gasteiger partial charge >= 0.3 is 0 Å².